The van der Waals surface area contributed by atoms with Gasteiger partial charge in [0.05, 0.1) is 18.8 Å². The van der Waals surface area contributed by atoms with Crippen LogP contribution in [0.5, 0.6) is 0 Å². The van der Waals surface area contributed by atoms with Gasteiger partial charge in [-0.25, -0.2) is 0 Å². The second-order valence-electron chi connectivity index (χ2n) is 4.66. The second kappa shape index (κ2) is 2.94. The van der Waals surface area contributed by atoms with Crippen LogP contribution in [0.25, 0.3) is 0 Å². The molecule has 0 amide bonds. The lowest BCUT2D eigenvalue weighted by molar-refractivity contribution is 0.0101. The van der Waals surface area contributed by atoms with Crippen molar-refractivity contribution in [3.05, 3.63) is 0 Å². The second-order valence-corrected chi connectivity index (χ2v) is 4.66. The number of fused-ring (bicyclic) bond motifs is 2. The van der Waals surface area contributed by atoms with E-state index in [2.05, 4.69) is 4.90 Å². The molecule has 3 heteroatoms. The first-order valence-electron chi connectivity index (χ1n) is 5.38. The van der Waals surface area contributed by atoms with Crippen molar-refractivity contribution < 1.29 is 9.84 Å². The summed E-state index contributed by atoms with van der Waals surface area (Å²) in [5, 5.41) is 9.47. The van der Waals surface area contributed by atoms with Gasteiger partial charge in [0, 0.05) is 18.6 Å². The number of rotatable bonds is 1. The van der Waals surface area contributed by atoms with Crippen molar-refractivity contribution in [2.24, 2.45) is 0 Å². The Kier molecular flexibility index (Phi) is 1.86. The normalized spacial score (nSPS) is 50.5. The minimum atomic E-state index is -0.0370. The summed E-state index contributed by atoms with van der Waals surface area (Å²) in [6.07, 6.45) is 4.87. The SMILES string of the molecule is OC1CCC(N2CC3CC2CO3)C1. The van der Waals surface area contributed by atoms with E-state index in [9.17, 15) is 5.11 Å². The number of ether oxygens (including phenoxy) is 1. The van der Waals surface area contributed by atoms with Crippen LogP contribution in [0.15, 0.2) is 0 Å². The Bertz CT molecular complexity index is 209. The van der Waals surface area contributed by atoms with E-state index in [1.54, 1.807) is 0 Å². The number of hydrogen-bond donors (Lipinski definition) is 1. The quantitative estimate of drug-likeness (QED) is 0.637. The Balaban J connectivity index is 1.66. The molecule has 2 heterocycles. The average molecular weight is 183 g/mol. The molecule has 3 nitrogen and oxygen atoms in total. The largest absolute Gasteiger partial charge is 0.393 e. The molecule has 2 aliphatic heterocycles. The van der Waals surface area contributed by atoms with Crippen molar-refractivity contribution in [3.63, 3.8) is 0 Å². The number of likely N-dealkylation sites (tertiary alicyclic amines) is 1. The summed E-state index contributed by atoms with van der Waals surface area (Å²) >= 11 is 0. The fraction of sp³-hybridized carbons (Fsp3) is 1.00. The molecule has 0 aromatic rings. The molecule has 0 spiro atoms. The highest BCUT2D eigenvalue weighted by Crippen LogP contribution is 2.34. The van der Waals surface area contributed by atoms with E-state index < -0.39 is 0 Å². The third-order valence-electron chi connectivity index (χ3n) is 3.79. The third kappa shape index (κ3) is 1.30. The van der Waals surface area contributed by atoms with E-state index in [-0.39, 0.29) is 6.10 Å². The van der Waals surface area contributed by atoms with Crippen molar-refractivity contribution in [2.45, 2.75) is 50.0 Å². The van der Waals surface area contributed by atoms with Gasteiger partial charge in [-0.1, -0.05) is 0 Å². The molecule has 13 heavy (non-hydrogen) atoms. The molecule has 0 aromatic carbocycles. The fourth-order valence-electron chi connectivity index (χ4n) is 3.11. The maximum atomic E-state index is 9.47. The van der Waals surface area contributed by atoms with Gasteiger partial charge >= 0.3 is 0 Å². The molecule has 1 saturated carbocycles. The zero-order valence-electron chi connectivity index (χ0n) is 7.85. The van der Waals surface area contributed by atoms with E-state index >= 15 is 0 Å². The smallest absolute Gasteiger partial charge is 0.0718 e. The van der Waals surface area contributed by atoms with Gasteiger partial charge in [0.2, 0.25) is 0 Å². The summed E-state index contributed by atoms with van der Waals surface area (Å²) in [5.41, 5.74) is 0. The van der Waals surface area contributed by atoms with Gasteiger partial charge in [-0.2, -0.15) is 0 Å². The van der Waals surface area contributed by atoms with Gasteiger partial charge in [0.1, 0.15) is 0 Å². The number of aliphatic hydroxyl groups is 1. The number of hydrogen-bond acceptors (Lipinski definition) is 3. The van der Waals surface area contributed by atoms with Gasteiger partial charge in [-0.05, 0) is 25.7 Å². The van der Waals surface area contributed by atoms with Crippen LogP contribution in [0.4, 0.5) is 0 Å². The zero-order chi connectivity index (χ0) is 8.84. The number of nitrogens with zero attached hydrogens (tertiary/aromatic N) is 1. The lowest BCUT2D eigenvalue weighted by atomic mass is 10.2. The predicted molar refractivity (Wildman–Crippen MR) is 48.5 cm³/mol. The van der Waals surface area contributed by atoms with Crippen molar-refractivity contribution >= 4 is 0 Å². The highest BCUT2D eigenvalue weighted by Gasteiger charge is 2.43. The Morgan fingerprint density at radius 1 is 1.15 bits per heavy atom. The summed E-state index contributed by atoms with van der Waals surface area (Å²) in [6.45, 7) is 2.04. The van der Waals surface area contributed by atoms with Crippen LogP contribution in [0, 0.1) is 0 Å². The zero-order valence-corrected chi connectivity index (χ0v) is 7.85. The Hall–Kier alpha value is -0.120. The van der Waals surface area contributed by atoms with Crippen molar-refractivity contribution in [3.8, 4) is 0 Å². The fourth-order valence-corrected chi connectivity index (χ4v) is 3.11. The molecule has 3 fully saturated rings. The van der Waals surface area contributed by atoms with Crippen LogP contribution in [-0.4, -0.2) is 47.4 Å². The third-order valence-corrected chi connectivity index (χ3v) is 3.79. The Morgan fingerprint density at radius 2 is 2.08 bits per heavy atom. The monoisotopic (exact) mass is 183 g/mol. The first-order chi connectivity index (χ1) is 6.33. The van der Waals surface area contributed by atoms with Crippen molar-refractivity contribution in [1.29, 1.82) is 0 Å². The lowest BCUT2D eigenvalue weighted by Crippen LogP contribution is -2.43. The molecule has 1 N–H and O–H groups in total. The highest BCUT2D eigenvalue weighted by atomic mass is 16.5. The van der Waals surface area contributed by atoms with Gasteiger partial charge in [-0.15, -0.1) is 0 Å². The van der Waals surface area contributed by atoms with Crippen LogP contribution in [0.3, 0.4) is 0 Å². The summed E-state index contributed by atoms with van der Waals surface area (Å²) in [5.74, 6) is 0. The number of aliphatic hydroxyl groups excluding tert-OH is 1. The predicted octanol–water partition coefficient (Wildman–Crippen LogP) is 0.373. The van der Waals surface area contributed by atoms with Gasteiger partial charge < -0.3 is 9.84 Å². The molecule has 74 valence electrons. The summed E-state index contributed by atoms with van der Waals surface area (Å²) in [7, 11) is 0. The molecule has 0 aromatic heterocycles. The Labute approximate surface area is 78.7 Å². The van der Waals surface area contributed by atoms with Crippen molar-refractivity contribution in [2.75, 3.05) is 13.2 Å². The maximum Gasteiger partial charge on any atom is 0.0718 e. The van der Waals surface area contributed by atoms with Gasteiger partial charge in [0.25, 0.3) is 0 Å². The van der Waals surface area contributed by atoms with Crippen LogP contribution >= 0.6 is 0 Å². The molecule has 3 aliphatic rings. The Morgan fingerprint density at radius 3 is 2.62 bits per heavy atom. The van der Waals surface area contributed by atoms with Crippen LogP contribution < -0.4 is 0 Å². The molecule has 1 aliphatic carbocycles. The first-order valence-corrected chi connectivity index (χ1v) is 5.38. The van der Waals surface area contributed by atoms with Crippen LogP contribution in [-0.2, 0) is 4.74 Å². The standard InChI is InChI=1S/C10H17NO2/c12-9-2-1-7(3-9)11-5-10-4-8(11)6-13-10/h7-10,12H,1-6H2. The van der Waals surface area contributed by atoms with E-state index in [4.69, 9.17) is 4.74 Å². The molecular weight excluding hydrogens is 166 g/mol. The summed E-state index contributed by atoms with van der Waals surface area (Å²) in [4.78, 5) is 2.57. The number of morpholine rings is 1. The first kappa shape index (κ1) is 8.21. The molecular formula is C10H17NO2. The summed E-state index contributed by atoms with van der Waals surface area (Å²) < 4.78 is 5.56. The van der Waals surface area contributed by atoms with Crippen molar-refractivity contribution in [1.82, 2.24) is 4.90 Å². The maximum absolute atomic E-state index is 9.47. The average Bonchev–Trinajstić information content (AvgIpc) is 2.77. The highest BCUT2D eigenvalue weighted by molar-refractivity contribution is 4.96. The van der Waals surface area contributed by atoms with E-state index in [0.717, 1.165) is 26.0 Å². The molecule has 3 rings (SSSR count). The van der Waals surface area contributed by atoms with E-state index in [1.165, 1.54) is 12.8 Å². The molecule has 0 radical (unpaired) electrons. The lowest BCUT2D eigenvalue weighted by Gasteiger charge is -2.32. The minimum absolute atomic E-state index is 0.0370. The van der Waals surface area contributed by atoms with Crippen LogP contribution in [0.1, 0.15) is 25.7 Å². The molecule has 2 bridgehead atoms. The van der Waals surface area contributed by atoms with Crippen LogP contribution in [0.2, 0.25) is 0 Å². The molecule has 4 unspecified atom stereocenters. The van der Waals surface area contributed by atoms with Gasteiger partial charge in [-0.3, -0.25) is 4.90 Å². The molecule has 4 atom stereocenters. The topological polar surface area (TPSA) is 32.7 Å². The van der Waals surface area contributed by atoms with E-state index in [0.29, 0.717) is 18.2 Å². The minimum Gasteiger partial charge on any atom is -0.393 e. The van der Waals surface area contributed by atoms with E-state index in [1.807, 2.05) is 0 Å². The van der Waals surface area contributed by atoms with Gasteiger partial charge in [0.15, 0.2) is 0 Å². The molecule has 2 saturated heterocycles. The summed E-state index contributed by atoms with van der Waals surface area (Å²) in [6, 6.07) is 1.31.